The first-order valence-corrected chi connectivity index (χ1v) is 6.36. The van der Waals surface area contributed by atoms with Crippen LogP contribution >= 0.6 is 0 Å². The predicted octanol–water partition coefficient (Wildman–Crippen LogP) is 3.66. The SMILES string of the molecule is NOc1cc2ccccc2nc1C=Cc1ccccc1. The molecule has 0 aliphatic rings. The predicted molar refractivity (Wildman–Crippen MR) is 81.9 cm³/mol. The van der Waals surface area contributed by atoms with E-state index in [1.165, 1.54) is 0 Å². The van der Waals surface area contributed by atoms with Gasteiger partial charge in [0.15, 0.2) is 5.75 Å². The Morgan fingerprint density at radius 2 is 1.65 bits per heavy atom. The van der Waals surface area contributed by atoms with E-state index in [-0.39, 0.29) is 0 Å². The zero-order valence-corrected chi connectivity index (χ0v) is 10.9. The highest BCUT2D eigenvalue weighted by Gasteiger charge is 2.04. The van der Waals surface area contributed by atoms with Gasteiger partial charge in [-0.25, -0.2) is 4.98 Å². The monoisotopic (exact) mass is 262 g/mol. The van der Waals surface area contributed by atoms with Crippen LogP contribution in [0, 0.1) is 0 Å². The van der Waals surface area contributed by atoms with Gasteiger partial charge in [0.1, 0.15) is 5.69 Å². The molecule has 0 radical (unpaired) electrons. The average molecular weight is 262 g/mol. The number of rotatable bonds is 3. The van der Waals surface area contributed by atoms with Gasteiger partial charge in [-0.15, -0.1) is 0 Å². The van der Waals surface area contributed by atoms with E-state index in [9.17, 15) is 0 Å². The maximum absolute atomic E-state index is 5.34. The summed E-state index contributed by atoms with van der Waals surface area (Å²) in [6, 6.07) is 19.8. The Kier molecular flexibility index (Phi) is 3.44. The van der Waals surface area contributed by atoms with Gasteiger partial charge in [0.2, 0.25) is 0 Å². The zero-order chi connectivity index (χ0) is 13.8. The fourth-order valence-corrected chi connectivity index (χ4v) is 2.06. The van der Waals surface area contributed by atoms with Crippen LogP contribution in [-0.4, -0.2) is 4.98 Å². The summed E-state index contributed by atoms with van der Waals surface area (Å²) < 4.78 is 0. The van der Waals surface area contributed by atoms with Gasteiger partial charge in [0.05, 0.1) is 5.52 Å². The topological polar surface area (TPSA) is 48.1 Å². The van der Waals surface area contributed by atoms with Crippen LogP contribution in [0.2, 0.25) is 0 Å². The molecule has 20 heavy (non-hydrogen) atoms. The molecule has 2 N–H and O–H groups in total. The van der Waals surface area contributed by atoms with E-state index in [1.807, 2.05) is 72.8 Å². The molecule has 3 nitrogen and oxygen atoms in total. The van der Waals surface area contributed by atoms with Crippen molar-refractivity contribution in [1.29, 1.82) is 0 Å². The maximum Gasteiger partial charge on any atom is 0.173 e. The van der Waals surface area contributed by atoms with E-state index < -0.39 is 0 Å². The minimum absolute atomic E-state index is 0.566. The van der Waals surface area contributed by atoms with Gasteiger partial charge in [-0.05, 0) is 23.8 Å². The minimum Gasteiger partial charge on any atom is -0.409 e. The molecular formula is C17H14N2O. The minimum atomic E-state index is 0.566. The van der Waals surface area contributed by atoms with E-state index >= 15 is 0 Å². The summed E-state index contributed by atoms with van der Waals surface area (Å²) in [6.45, 7) is 0. The van der Waals surface area contributed by atoms with Crippen molar-refractivity contribution in [3.05, 3.63) is 71.9 Å². The first kappa shape index (κ1) is 12.4. The molecule has 0 aliphatic heterocycles. The number of pyridine rings is 1. The van der Waals surface area contributed by atoms with Crippen molar-refractivity contribution in [3.63, 3.8) is 0 Å². The number of para-hydroxylation sites is 1. The quantitative estimate of drug-likeness (QED) is 0.733. The summed E-state index contributed by atoms with van der Waals surface area (Å²) in [5.41, 5.74) is 2.74. The van der Waals surface area contributed by atoms with Gasteiger partial charge >= 0.3 is 0 Å². The molecule has 0 aliphatic carbocycles. The second-order valence-electron chi connectivity index (χ2n) is 4.43. The molecule has 0 spiro atoms. The lowest BCUT2D eigenvalue weighted by atomic mass is 10.1. The van der Waals surface area contributed by atoms with Crippen LogP contribution < -0.4 is 10.7 Å². The van der Waals surface area contributed by atoms with Crippen molar-refractivity contribution in [2.75, 3.05) is 0 Å². The lowest BCUT2D eigenvalue weighted by Gasteiger charge is -2.05. The fourth-order valence-electron chi connectivity index (χ4n) is 2.06. The van der Waals surface area contributed by atoms with Crippen molar-refractivity contribution >= 4 is 23.1 Å². The summed E-state index contributed by atoms with van der Waals surface area (Å²) in [5.74, 6) is 5.90. The molecular weight excluding hydrogens is 248 g/mol. The summed E-state index contributed by atoms with van der Waals surface area (Å²) in [7, 11) is 0. The molecule has 0 saturated heterocycles. The molecule has 0 fully saturated rings. The van der Waals surface area contributed by atoms with Crippen LogP contribution in [0.25, 0.3) is 23.1 Å². The Labute approximate surface area is 117 Å². The van der Waals surface area contributed by atoms with E-state index in [0.29, 0.717) is 5.75 Å². The van der Waals surface area contributed by atoms with Crippen molar-refractivity contribution < 1.29 is 4.84 Å². The van der Waals surface area contributed by atoms with Crippen molar-refractivity contribution in [3.8, 4) is 5.75 Å². The molecule has 98 valence electrons. The maximum atomic E-state index is 5.34. The molecule has 3 rings (SSSR count). The molecule has 0 saturated carbocycles. The number of fused-ring (bicyclic) bond motifs is 1. The molecule has 0 unspecified atom stereocenters. The first-order chi connectivity index (χ1) is 9.86. The number of hydrogen-bond acceptors (Lipinski definition) is 3. The Bertz CT molecular complexity index is 751. The third-order valence-corrected chi connectivity index (χ3v) is 3.08. The molecule has 0 amide bonds. The summed E-state index contributed by atoms with van der Waals surface area (Å²) in [6.07, 6.45) is 3.89. The van der Waals surface area contributed by atoms with E-state index in [2.05, 4.69) is 4.98 Å². The lowest BCUT2D eigenvalue weighted by molar-refractivity contribution is 0.333. The van der Waals surface area contributed by atoms with Gasteiger partial charge in [0.25, 0.3) is 0 Å². The van der Waals surface area contributed by atoms with E-state index in [0.717, 1.165) is 22.2 Å². The molecule has 0 bridgehead atoms. The number of nitrogens with two attached hydrogens (primary N) is 1. The fraction of sp³-hybridized carbons (Fsp3) is 0. The van der Waals surface area contributed by atoms with Gasteiger partial charge in [0, 0.05) is 5.39 Å². The third-order valence-electron chi connectivity index (χ3n) is 3.08. The summed E-state index contributed by atoms with van der Waals surface area (Å²) in [5, 5.41) is 1.00. The largest absolute Gasteiger partial charge is 0.409 e. The van der Waals surface area contributed by atoms with Gasteiger partial charge in [-0.3, -0.25) is 0 Å². The van der Waals surface area contributed by atoms with E-state index in [4.69, 9.17) is 10.7 Å². The standard InChI is InChI=1S/C17H14N2O/c18-20-17-12-14-8-4-5-9-15(14)19-16(17)11-10-13-6-2-1-3-7-13/h1-12H,18H2. The number of nitrogens with zero attached hydrogens (tertiary/aromatic N) is 1. The second-order valence-corrected chi connectivity index (χ2v) is 4.43. The van der Waals surface area contributed by atoms with Crippen LogP contribution in [-0.2, 0) is 0 Å². The van der Waals surface area contributed by atoms with E-state index in [1.54, 1.807) is 0 Å². The molecule has 1 heterocycles. The highest BCUT2D eigenvalue weighted by atomic mass is 16.6. The van der Waals surface area contributed by atoms with Gasteiger partial charge < -0.3 is 4.84 Å². The molecule has 0 atom stereocenters. The Morgan fingerprint density at radius 3 is 2.45 bits per heavy atom. The third kappa shape index (κ3) is 2.53. The first-order valence-electron chi connectivity index (χ1n) is 6.36. The number of hydrogen-bond donors (Lipinski definition) is 1. The van der Waals surface area contributed by atoms with Crippen molar-refractivity contribution in [2.45, 2.75) is 0 Å². The summed E-state index contributed by atoms with van der Waals surface area (Å²) >= 11 is 0. The average Bonchev–Trinajstić information content (AvgIpc) is 2.53. The second kappa shape index (κ2) is 5.55. The van der Waals surface area contributed by atoms with Crippen molar-refractivity contribution in [1.82, 2.24) is 4.98 Å². The van der Waals surface area contributed by atoms with Crippen LogP contribution in [0.4, 0.5) is 0 Å². The zero-order valence-electron chi connectivity index (χ0n) is 10.9. The summed E-state index contributed by atoms with van der Waals surface area (Å²) in [4.78, 5) is 9.50. The Balaban J connectivity index is 2.04. The van der Waals surface area contributed by atoms with Crippen LogP contribution in [0.15, 0.2) is 60.7 Å². The molecule has 1 aromatic heterocycles. The molecule has 3 aromatic rings. The Hall–Kier alpha value is -2.65. The molecule has 2 aromatic carbocycles. The Morgan fingerprint density at radius 1 is 0.900 bits per heavy atom. The van der Waals surface area contributed by atoms with Gasteiger partial charge in [-0.1, -0.05) is 54.6 Å². The lowest BCUT2D eigenvalue weighted by Crippen LogP contribution is -2.04. The number of aromatic nitrogens is 1. The van der Waals surface area contributed by atoms with Crippen LogP contribution in [0.5, 0.6) is 5.75 Å². The van der Waals surface area contributed by atoms with Gasteiger partial charge in [-0.2, -0.15) is 5.90 Å². The van der Waals surface area contributed by atoms with Crippen LogP contribution in [0.3, 0.4) is 0 Å². The van der Waals surface area contributed by atoms with Crippen molar-refractivity contribution in [2.24, 2.45) is 5.90 Å². The highest BCUT2D eigenvalue weighted by molar-refractivity contribution is 5.83. The smallest absolute Gasteiger partial charge is 0.173 e. The highest BCUT2D eigenvalue weighted by Crippen LogP contribution is 2.24. The normalized spacial score (nSPS) is 11.1. The number of benzene rings is 2. The van der Waals surface area contributed by atoms with Crippen LogP contribution in [0.1, 0.15) is 11.3 Å². The molecule has 3 heteroatoms.